The van der Waals surface area contributed by atoms with E-state index in [0.29, 0.717) is 17.4 Å². The lowest BCUT2D eigenvalue weighted by atomic mass is 10.0. The second kappa shape index (κ2) is 10.6. The van der Waals surface area contributed by atoms with Gasteiger partial charge in [0, 0.05) is 22.8 Å². The predicted octanol–water partition coefficient (Wildman–Crippen LogP) is 3.46. The third-order valence-corrected chi connectivity index (χ3v) is 3.73. The van der Waals surface area contributed by atoms with Crippen molar-refractivity contribution in [3.05, 3.63) is 70.8 Å². The number of hydrogen-bond donors (Lipinski definition) is 0. The van der Waals surface area contributed by atoms with Gasteiger partial charge in [-0.2, -0.15) is 0 Å². The summed E-state index contributed by atoms with van der Waals surface area (Å²) >= 11 is 0. The van der Waals surface area contributed by atoms with Crippen molar-refractivity contribution in [3.8, 4) is 0 Å². The van der Waals surface area contributed by atoms with Gasteiger partial charge in [-0.05, 0) is 19.1 Å². The molecule has 2 rings (SSSR count). The van der Waals surface area contributed by atoms with Gasteiger partial charge in [0.2, 0.25) is 0 Å². The second-order valence-electron chi connectivity index (χ2n) is 5.63. The number of benzene rings is 2. The molecular weight excluding hydrogens is 384 g/mol. The zero-order valence-corrected chi connectivity index (χ0v) is 16.1. The normalized spacial score (nSPS) is 12.5. The van der Waals surface area contributed by atoms with Crippen LogP contribution in [0.3, 0.4) is 0 Å². The molecule has 0 aliphatic heterocycles. The summed E-state index contributed by atoms with van der Waals surface area (Å²) in [5, 5.41) is 11.4. The standard InChI is InChI=1S/C20H19F2N3O4/c1-13(20(25-28-3)17-9-8-15(21)10-18(17)22)23-29-12-14-6-4-5-7-16(14)19(11-26)24-27-2/h4-11H,12H2,1-3H3/b23-13+,24-19-,25-20?. The Morgan fingerprint density at radius 2 is 1.72 bits per heavy atom. The topological polar surface area (TPSA) is 81.8 Å². The van der Waals surface area contributed by atoms with Crippen LogP contribution in [-0.4, -0.2) is 37.6 Å². The SMILES string of the molecule is CON=C(/C(C)=N/OCc1ccccc1/C(C=O)=N\OC)c1ccc(F)cc1F. The van der Waals surface area contributed by atoms with Crippen LogP contribution >= 0.6 is 0 Å². The highest BCUT2D eigenvalue weighted by Crippen LogP contribution is 2.14. The minimum Gasteiger partial charge on any atom is -0.399 e. The second-order valence-corrected chi connectivity index (χ2v) is 5.63. The molecule has 2 aromatic carbocycles. The first-order valence-electron chi connectivity index (χ1n) is 8.39. The fourth-order valence-electron chi connectivity index (χ4n) is 2.45. The van der Waals surface area contributed by atoms with Crippen molar-refractivity contribution < 1.29 is 28.1 Å². The highest BCUT2D eigenvalue weighted by molar-refractivity contribution is 6.47. The Morgan fingerprint density at radius 3 is 2.38 bits per heavy atom. The molecule has 0 heterocycles. The summed E-state index contributed by atoms with van der Waals surface area (Å²) in [6.45, 7) is 1.53. The van der Waals surface area contributed by atoms with Crippen LogP contribution in [0.2, 0.25) is 0 Å². The molecule has 0 aliphatic carbocycles. The van der Waals surface area contributed by atoms with Crippen molar-refractivity contribution >= 4 is 23.4 Å². The predicted molar refractivity (Wildman–Crippen MR) is 104 cm³/mol. The van der Waals surface area contributed by atoms with Gasteiger partial charge >= 0.3 is 0 Å². The van der Waals surface area contributed by atoms with Crippen molar-refractivity contribution in [2.75, 3.05) is 14.2 Å². The zero-order valence-electron chi connectivity index (χ0n) is 16.1. The number of carbonyl (C=O) groups is 1. The van der Waals surface area contributed by atoms with E-state index in [1.165, 1.54) is 27.2 Å². The lowest BCUT2D eigenvalue weighted by molar-refractivity contribution is -0.102. The molecule has 0 bridgehead atoms. The van der Waals surface area contributed by atoms with E-state index in [4.69, 9.17) is 9.68 Å². The summed E-state index contributed by atoms with van der Waals surface area (Å²) in [5.41, 5.74) is 1.51. The number of rotatable bonds is 9. The first kappa shape index (κ1) is 21.7. The van der Waals surface area contributed by atoms with Gasteiger partial charge in [-0.15, -0.1) is 0 Å². The molecule has 0 spiro atoms. The molecule has 0 unspecified atom stereocenters. The number of oxime groups is 3. The van der Waals surface area contributed by atoms with E-state index in [2.05, 4.69) is 20.3 Å². The lowest BCUT2D eigenvalue weighted by Crippen LogP contribution is -2.15. The molecular formula is C20H19F2N3O4. The van der Waals surface area contributed by atoms with Crippen LogP contribution in [0.5, 0.6) is 0 Å². The molecule has 0 aromatic heterocycles. The van der Waals surface area contributed by atoms with Crippen molar-refractivity contribution in [1.29, 1.82) is 0 Å². The molecule has 0 N–H and O–H groups in total. The van der Waals surface area contributed by atoms with E-state index >= 15 is 0 Å². The average Bonchev–Trinajstić information content (AvgIpc) is 2.71. The molecule has 0 atom stereocenters. The van der Waals surface area contributed by atoms with Crippen LogP contribution in [0.25, 0.3) is 0 Å². The molecule has 0 amide bonds. The molecule has 0 aliphatic rings. The van der Waals surface area contributed by atoms with Crippen LogP contribution in [0.4, 0.5) is 8.78 Å². The van der Waals surface area contributed by atoms with Crippen LogP contribution in [-0.2, 0) is 25.9 Å². The summed E-state index contributed by atoms with van der Waals surface area (Å²) in [7, 11) is 2.63. The first-order valence-corrected chi connectivity index (χ1v) is 8.39. The highest BCUT2D eigenvalue weighted by atomic mass is 19.1. The van der Waals surface area contributed by atoms with Crippen molar-refractivity contribution in [2.45, 2.75) is 13.5 Å². The summed E-state index contributed by atoms with van der Waals surface area (Å²) in [6.07, 6.45) is 0.567. The lowest BCUT2D eigenvalue weighted by Gasteiger charge is -2.09. The molecule has 0 radical (unpaired) electrons. The number of hydrogen-bond acceptors (Lipinski definition) is 7. The summed E-state index contributed by atoms with van der Waals surface area (Å²) < 4.78 is 27.3. The van der Waals surface area contributed by atoms with Gasteiger partial charge in [0.1, 0.15) is 49.6 Å². The van der Waals surface area contributed by atoms with Gasteiger partial charge < -0.3 is 14.5 Å². The Balaban J connectivity index is 2.24. The third-order valence-electron chi connectivity index (χ3n) is 3.73. The molecule has 2 aromatic rings. The van der Waals surface area contributed by atoms with Crippen molar-refractivity contribution in [2.24, 2.45) is 15.5 Å². The van der Waals surface area contributed by atoms with Gasteiger partial charge in [-0.25, -0.2) is 8.78 Å². The number of carbonyl (C=O) groups excluding carboxylic acids is 1. The molecule has 0 saturated carbocycles. The fraction of sp³-hybridized carbons (Fsp3) is 0.200. The monoisotopic (exact) mass is 403 g/mol. The van der Waals surface area contributed by atoms with Crippen LogP contribution in [0.1, 0.15) is 23.6 Å². The number of nitrogens with zero attached hydrogens (tertiary/aromatic N) is 3. The van der Waals surface area contributed by atoms with E-state index < -0.39 is 11.6 Å². The van der Waals surface area contributed by atoms with E-state index in [0.717, 1.165) is 12.1 Å². The molecule has 0 saturated heterocycles. The first-order chi connectivity index (χ1) is 14.0. The number of halogens is 2. The molecule has 7 nitrogen and oxygen atoms in total. The van der Waals surface area contributed by atoms with E-state index in [1.807, 2.05) is 0 Å². The Labute approximate surface area is 166 Å². The quantitative estimate of drug-likeness (QED) is 0.365. The smallest absolute Gasteiger partial charge is 0.172 e. The van der Waals surface area contributed by atoms with E-state index in [9.17, 15) is 13.6 Å². The van der Waals surface area contributed by atoms with Gasteiger partial charge in [-0.1, -0.05) is 39.7 Å². The van der Waals surface area contributed by atoms with Gasteiger partial charge in [0.15, 0.2) is 6.29 Å². The fourth-order valence-corrected chi connectivity index (χ4v) is 2.45. The van der Waals surface area contributed by atoms with Gasteiger partial charge in [-0.3, -0.25) is 4.79 Å². The third kappa shape index (κ3) is 5.68. The summed E-state index contributed by atoms with van der Waals surface area (Å²) in [5.74, 6) is -1.53. The largest absolute Gasteiger partial charge is 0.399 e. The van der Waals surface area contributed by atoms with Gasteiger partial charge in [0.05, 0.1) is 0 Å². The number of aldehydes is 1. The van der Waals surface area contributed by atoms with Crippen LogP contribution in [0, 0.1) is 11.6 Å². The highest BCUT2D eigenvalue weighted by Gasteiger charge is 2.16. The molecule has 29 heavy (non-hydrogen) atoms. The van der Waals surface area contributed by atoms with Crippen LogP contribution < -0.4 is 0 Å². The maximum atomic E-state index is 14.1. The van der Waals surface area contributed by atoms with Crippen molar-refractivity contribution in [1.82, 2.24) is 0 Å². The van der Waals surface area contributed by atoms with E-state index in [1.54, 1.807) is 24.3 Å². The van der Waals surface area contributed by atoms with Crippen LogP contribution in [0.15, 0.2) is 57.9 Å². The maximum Gasteiger partial charge on any atom is 0.172 e. The Bertz CT molecular complexity index is 958. The minimum atomic E-state index is -0.813. The summed E-state index contributed by atoms with van der Waals surface area (Å²) in [6, 6.07) is 9.99. The van der Waals surface area contributed by atoms with E-state index in [-0.39, 0.29) is 29.3 Å². The Hall–Kier alpha value is -3.62. The average molecular weight is 403 g/mol. The Kier molecular flexibility index (Phi) is 7.96. The van der Waals surface area contributed by atoms with Gasteiger partial charge in [0.25, 0.3) is 0 Å². The summed E-state index contributed by atoms with van der Waals surface area (Å²) in [4.78, 5) is 26.0. The molecule has 9 heteroatoms. The molecule has 152 valence electrons. The maximum absolute atomic E-state index is 14.1. The zero-order chi connectivity index (χ0) is 21.2. The minimum absolute atomic E-state index is 0.00372. The Morgan fingerprint density at radius 1 is 1.00 bits per heavy atom. The van der Waals surface area contributed by atoms with Crippen molar-refractivity contribution in [3.63, 3.8) is 0 Å². The molecule has 0 fully saturated rings.